The first kappa shape index (κ1) is 14.2. The van der Waals surface area contributed by atoms with E-state index in [4.69, 9.17) is 0 Å². The highest BCUT2D eigenvalue weighted by molar-refractivity contribution is 9.10. The Morgan fingerprint density at radius 2 is 2.00 bits per heavy atom. The molecule has 0 unspecified atom stereocenters. The Balaban J connectivity index is 2.03. The zero-order valence-corrected chi connectivity index (χ0v) is 12.6. The lowest BCUT2D eigenvalue weighted by Gasteiger charge is -2.17. The molecule has 0 radical (unpaired) electrons. The third kappa shape index (κ3) is 4.11. The second-order valence-electron chi connectivity index (χ2n) is 4.68. The highest BCUT2D eigenvalue weighted by Gasteiger charge is 2.06. The molecule has 1 aromatic carbocycles. The minimum atomic E-state index is -0.223. The lowest BCUT2D eigenvalue weighted by Crippen LogP contribution is -2.18. The van der Waals surface area contributed by atoms with Crippen LogP contribution in [0.3, 0.4) is 0 Å². The Hall–Kier alpha value is -1.26. The number of aromatic nitrogens is 1. The van der Waals surface area contributed by atoms with Crippen molar-refractivity contribution in [3.8, 4) is 0 Å². The average Bonchev–Trinajstić information content (AvgIpc) is 2.33. The molecule has 4 heteroatoms. The first-order valence-corrected chi connectivity index (χ1v) is 6.89. The van der Waals surface area contributed by atoms with E-state index < -0.39 is 0 Å². The highest BCUT2D eigenvalue weighted by atomic mass is 79.9. The van der Waals surface area contributed by atoms with Crippen LogP contribution in [-0.4, -0.2) is 16.9 Å². The van der Waals surface area contributed by atoms with Crippen LogP contribution in [0.1, 0.15) is 17.0 Å². The van der Waals surface area contributed by atoms with Crippen molar-refractivity contribution in [1.82, 2.24) is 9.88 Å². The first-order valence-electron chi connectivity index (χ1n) is 6.09. The molecule has 0 saturated carbocycles. The van der Waals surface area contributed by atoms with E-state index in [1.165, 1.54) is 12.1 Å². The number of benzene rings is 1. The number of rotatable bonds is 4. The van der Waals surface area contributed by atoms with E-state index >= 15 is 0 Å². The summed E-state index contributed by atoms with van der Waals surface area (Å²) >= 11 is 3.39. The predicted molar refractivity (Wildman–Crippen MR) is 78.2 cm³/mol. The number of aryl methyl sites for hydroxylation is 1. The van der Waals surface area contributed by atoms with Gasteiger partial charge in [0, 0.05) is 23.3 Å². The minimum Gasteiger partial charge on any atom is -0.296 e. The molecule has 0 aliphatic carbocycles. The van der Waals surface area contributed by atoms with Gasteiger partial charge in [-0.1, -0.05) is 28.1 Å². The molecule has 0 saturated heterocycles. The van der Waals surface area contributed by atoms with E-state index in [0.29, 0.717) is 0 Å². The number of hydrogen-bond acceptors (Lipinski definition) is 2. The summed E-state index contributed by atoms with van der Waals surface area (Å²) in [6, 6.07) is 10.8. The average molecular weight is 323 g/mol. The summed E-state index contributed by atoms with van der Waals surface area (Å²) in [5.74, 6) is -0.223. The molecule has 0 N–H and O–H groups in total. The van der Waals surface area contributed by atoms with Gasteiger partial charge in [-0.3, -0.25) is 9.88 Å². The van der Waals surface area contributed by atoms with Crippen LogP contribution in [0.25, 0.3) is 0 Å². The quantitative estimate of drug-likeness (QED) is 0.848. The molecule has 0 spiro atoms. The Kier molecular flexibility index (Phi) is 4.66. The monoisotopic (exact) mass is 322 g/mol. The van der Waals surface area contributed by atoms with E-state index in [1.807, 2.05) is 32.2 Å². The first-order chi connectivity index (χ1) is 9.04. The smallest absolute Gasteiger partial charge is 0.124 e. The summed E-state index contributed by atoms with van der Waals surface area (Å²) in [7, 11) is 2.03. The Labute approximate surface area is 121 Å². The molecule has 0 atom stereocenters. The summed E-state index contributed by atoms with van der Waals surface area (Å²) < 4.78 is 13.8. The van der Waals surface area contributed by atoms with Gasteiger partial charge in [-0.15, -0.1) is 0 Å². The van der Waals surface area contributed by atoms with Gasteiger partial charge < -0.3 is 0 Å². The number of halogens is 2. The standard InChI is InChI=1S/C15H16BrFN2/c1-11-4-3-5-14(18-11)10-19(2)9-12-6-7-13(17)8-15(12)16/h3-8H,9-10H2,1-2H3. The normalized spacial score (nSPS) is 11.0. The second-order valence-corrected chi connectivity index (χ2v) is 5.53. The van der Waals surface area contributed by atoms with Crippen LogP contribution < -0.4 is 0 Å². The molecule has 1 heterocycles. The van der Waals surface area contributed by atoms with Gasteiger partial charge in [-0.25, -0.2) is 4.39 Å². The molecule has 19 heavy (non-hydrogen) atoms. The van der Waals surface area contributed by atoms with E-state index in [2.05, 4.69) is 25.8 Å². The summed E-state index contributed by atoms with van der Waals surface area (Å²) in [4.78, 5) is 6.63. The van der Waals surface area contributed by atoms with Crippen LogP contribution in [0.4, 0.5) is 4.39 Å². The van der Waals surface area contributed by atoms with Crippen molar-refractivity contribution in [3.63, 3.8) is 0 Å². The van der Waals surface area contributed by atoms with Gasteiger partial charge in [-0.2, -0.15) is 0 Å². The molecule has 0 fully saturated rings. The van der Waals surface area contributed by atoms with Crippen LogP contribution in [-0.2, 0) is 13.1 Å². The topological polar surface area (TPSA) is 16.1 Å². The maximum absolute atomic E-state index is 13.0. The molecule has 1 aromatic heterocycles. The fourth-order valence-corrected chi connectivity index (χ4v) is 2.44. The van der Waals surface area contributed by atoms with Crippen LogP contribution in [0.2, 0.25) is 0 Å². The van der Waals surface area contributed by atoms with Crippen LogP contribution >= 0.6 is 15.9 Å². The lowest BCUT2D eigenvalue weighted by atomic mass is 10.2. The van der Waals surface area contributed by atoms with Gasteiger partial charge in [0.1, 0.15) is 5.82 Å². The van der Waals surface area contributed by atoms with Crippen LogP contribution in [0, 0.1) is 12.7 Å². The molecule has 2 rings (SSSR count). The van der Waals surface area contributed by atoms with Gasteiger partial charge in [0.2, 0.25) is 0 Å². The van der Waals surface area contributed by atoms with Gasteiger partial charge in [0.05, 0.1) is 5.69 Å². The molecule has 0 aliphatic heterocycles. The fraction of sp³-hybridized carbons (Fsp3) is 0.267. The Morgan fingerprint density at radius 1 is 1.21 bits per heavy atom. The third-order valence-corrected chi connectivity index (χ3v) is 3.57. The zero-order chi connectivity index (χ0) is 13.8. The van der Waals surface area contributed by atoms with Gasteiger partial charge in [0.25, 0.3) is 0 Å². The Morgan fingerprint density at radius 3 is 2.68 bits per heavy atom. The zero-order valence-electron chi connectivity index (χ0n) is 11.0. The number of pyridine rings is 1. The SMILES string of the molecule is Cc1cccc(CN(C)Cc2ccc(F)cc2Br)n1. The van der Waals surface area contributed by atoms with Crippen molar-refractivity contribution in [2.24, 2.45) is 0 Å². The third-order valence-electron chi connectivity index (χ3n) is 2.83. The number of nitrogens with zero attached hydrogens (tertiary/aromatic N) is 2. The van der Waals surface area contributed by atoms with Crippen molar-refractivity contribution in [1.29, 1.82) is 0 Å². The second kappa shape index (κ2) is 6.26. The minimum absolute atomic E-state index is 0.223. The predicted octanol–water partition coefficient (Wildman–Crippen LogP) is 3.92. The maximum Gasteiger partial charge on any atom is 0.124 e. The molecule has 0 aliphatic rings. The van der Waals surface area contributed by atoms with Crippen molar-refractivity contribution in [2.75, 3.05) is 7.05 Å². The molecule has 2 aromatic rings. The summed E-state index contributed by atoms with van der Waals surface area (Å²) in [5, 5.41) is 0. The fourth-order valence-electron chi connectivity index (χ4n) is 1.96. The highest BCUT2D eigenvalue weighted by Crippen LogP contribution is 2.19. The molecule has 0 bridgehead atoms. The maximum atomic E-state index is 13.0. The van der Waals surface area contributed by atoms with Crippen molar-refractivity contribution in [3.05, 3.63) is 63.6 Å². The van der Waals surface area contributed by atoms with E-state index in [0.717, 1.165) is 34.5 Å². The van der Waals surface area contributed by atoms with E-state index in [1.54, 1.807) is 6.07 Å². The molecular weight excluding hydrogens is 307 g/mol. The summed E-state index contributed by atoms with van der Waals surface area (Å²) in [5.41, 5.74) is 3.13. The van der Waals surface area contributed by atoms with Crippen molar-refractivity contribution in [2.45, 2.75) is 20.0 Å². The number of hydrogen-bond donors (Lipinski definition) is 0. The Bertz CT molecular complexity index is 572. The largest absolute Gasteiger partial charge is 0.296 e. The van der Waals surface area contributed by atoms with E-state index in [9.17, 15) is 4.39 Å². The van der Waals surface area contributed by atoms with Gasteiger partial charge in [-0.05, 0) is 43.8 Å². The van der Waals surface area contributed by atoms with Crippen LogP contribution in [0.5, 0.6) is 0 Å². The van der Waals surface area contributed by atoms with Crippen molar-refractivity contribution >= 4 is 15.9 Å². The molecule has 100 valence electrons. The van der Waals surface area contributed by atoms with Crippen LogP contribution in [0.15, 0.2) is 40.9 Å². The lowest BCUT2D eigenvalue weighted by molar-refractivity contribution is 0.314. The molecule has 0 amide bonds. The van der Waals surface area contributed by atoms with Gasteiger partial charge in [0.15, 0.2) is 0 Å². The van der Waals surface area contributed by atoms with Gasteiger partial charge >= 0.3 is 0 Å². The molecular formula is C15H16BrFN2. The molecule has 2 nitrogen and oxygen atoms in total. The van der Waals surface area contributed by atoms with E-state index in [-0.39, 0.29) is 5.82 Å². The van der Waals surface area contributed by atoms with Crippen molar-refractivity contribution < 1.29 is 4.39 Å². The summed E-state index contributed by atoms with van der Waals surface area (Å²) in [6.45, 7) is 3.50. The summed E-state index contributed by atoms with van der Waals surface area (Å²) in [6.07, 6.45) is 0.